The average Bonchev–Trinajstić information content (AvgIpc) is 3.48. The molecule has 2 aromatic carbocycles. The molecular formula is C29H28N6O4. The third kappa shape index (κ3) is 4.93. The molecule has 4 atom stereocenters. The molecule has 1 aliphatic carbocycles. The number of aliphatic hydroxyl groups excluding tert-OH is 3. The van der Waals surface area contributed by atoms with Crippen molar-refractivity contribution in [3.8, 4) is 11.8 Å². The fourth-order valence-electron chi connectivity index (χ4n) is 4.71. The van der Waals surface area contributed by atoms with Gasteiger partial charge in [0.25, 0.3) is 0 Å². The zero-order valence-corrected chi connectivity index (χ0v) is 21.4. The molecule has 0 bridgehead atoms. The summed E-state index contributed by atoms with van der Waals surface area (Å²) in [5, 5.41) is 38.4. The van der Waals surface area contributed by atoms with Gasteiger partial charge in [-0.25, -0.2) is 15.0 Å². The number of nitrogens with zero attached hydrogens (tertiary/aromatic N) is 4. The van der Waals surface area contributed by atoms with Crippen molar-refractivity contribution in [3.63, 3.8) is 0 Å². The minimum Gasteiger partial charge on any atom is -0.506 e. The molecule has 39 heavy (non-hydrogen) atoms. The van der Waals surface area contributed by atoms with Crippen LogP contribution < -0.4 is 10.6 Å². The van der Waals surface area contributed by atoms with E-state index in [9.17, 15) is 20.1 Å². The standard InChI is InChI=1S/C29H28N6O4/c1-18-15-29(18,28(39)30-2)24(37)27(38)35-17-32-23-25(31-16-21(36)20-11-7-4-8-12-20)33-22(34-26(23)35)14-13-19-9-5-3-6-10-19/h3-12,16-18,24,27,36-38H,15H2,1-2H3,(H,30,39)(H,31,33,34)/b21-16-/t18-,24-,27+,29?/m0/s1. The lowest BCUT2D eigenvalue weighted by atomic mass is 9.93. The van der Waals surface area contributed by atoms with Gasteiger partial charge in [0.2, 0.25) is 11.7 Å². The minimum atomic E-state index is -1.51. The Morgan fingerprint density at radius 3 is 2.41 bits per heavy atom. The summed E-state index contributed by atoms with van der Waals surface area (Å²) in [6.45, 7) is 1.85. The first-order chi connectivity index (χ1) is 18.8. The molecule has 4 aromatic rings. The summed E-state index contributed by atoms with van der Waals surface area (Å²) in [7, 11) is 1.50. The number of imidazole rings is 1. The van der Waals surface area contributed by atoms with Gasteiger partial charge in [0.15, 0.2) is 23.2 Å². The predicted molar refractivity (Wildman–Crippen MR) is 146 cm³/mol. The fraction of sp³-hybridized carbons (Fsp3) is 0.241. The summed E-state index contributed by atoms with van der Waals surface area (Å²) in [5.74, 6) is 5.84. The molecule has 1 unspecified atom stereocenters. The van der Waals surface area contributed by atoms with E-state index in [1.807, 2.05) is 43.3 Å². The summed E-state index contributed by atoms with van der Waals surface area (Å²) < 4.78 is 1.30. The van der Waals surface area contributed by atoms with E-state index in [-0.39, 0.29) is 40.4 Å². The fourth-order valence-corrected chi connectivity index (χ4v) is 4.71. The van der Waals surface area contributed by atoms with Gasteiger partial charge in [-0.1, -0.05) is 61.4 Å². The number of benzene rings is 2. The average molecular weight is 525 g/mol. The third-order valence-electron chi connectivity index (χ3n) is 7.04. The molecule has 2 aromatic heterocycles. The Kier molecular flexibility index (Phi) is 7.02. The molecular weight excluding hydrogens is 496 g/mol. The van der Waals surface area contributed by atoms with Crippen LogP contribution in [0.1, 0.15) is 36.5 Å². The van der Waals surface area contributed by atoms with Gasteiger partial charge in [-0.3, -0.25) is 9.36 Å². The first-order valence-corrected chi connectivity index (χ1v) is 12.5. The van der Waals surface area contributed by atoms with Gasteiger partial charge in [0.05, 0.1) is 11.7 Å². The van der Waals surface area contributed by atoms with E-state index in [0.717, 1.165) is 5.56 Å². The van der Waals surface area contributed by atoms with Crippen molar-refractivity contribution < 1.29 is 20.1 Å². The lowest BCUT2D eigenvalue weighted by Crippen LogP contribution is -2.43. The molecule has 10 nitrogen and oxygen atoms in total. The quantitative estimate of drug-likeness (QED) is 0.183. The smallest absolute Gasteiger partial charge is 0.229 e. The maximum Gasteiger partial charge on any atom is 0.229 e. The Balaban J connectivity index is 1.56. The Bertz CT molecular complexity index is 1590. The molecule has 5 rings (SSSR count). The summed E-state index contributed by atoms with van der Waals surface area (Å²) in [6.07, 6.45) is 0.234. The van der Waals surface area contributed by atoms with Crippen molar-refractivity contribution in [1.29, 1.82) is 0 Å². The van der Waals surface area contributed by atoms with E-state index >= 15 is 0 Å². The number of anilines is 1. The highest BCUT2D eigenvalue weighted by Gasteiger charge is 2.63. The molecule has 0 spiro atoms. The van der Waals surface area contributed by atoms with Crippen molar-refractivity contribution in [2.24, 2.45) is 11.3 Å². The number of hydrogen-bond donors (Lipinski definition) is 5. The largest absolute Gasteiger partial charge is 0.506 e. The number of aliphatic hydroxyl groups is 3. The lowest BCUT2D eigenvalue weighted by molar-refractivity contribution is -0.139. The Hall–Kier alpha value is -4.72. The van der Waals surface area contributed by atoms with Crippen LogP contribution >= 0.6 is 0 Å². The Morgan fingerprint density at radius 2 is 1.77 bits per heavy atom. The second-order valence-corrected chi connectivity index (χ2v) is 9.46. The second-order valence-electron chi connectivity index (χ2n) is 9.46. The topological polar surface area (TPSA) is 145 Å². The third-order valence-corrected chi connectivity index (χ3v) is 7.04. The molecule has 1 fully saturated rings. The maximum atomic E-state index is 12.6. The van der Waals surface area contributed by atoms with Crippen molar-refractivity contribution >= 4 is 28.6 Å². The van der Waals surface area contributed by atoms with E-state index in [0.29, 0.717) is 12.0 Å². The molecule has 1 saturated carbocycles. The monoisotopic (exact) mass is 524 g/mol. The maximum absolute atomic E-state index is 12.6. The van der Waals surface area contributed by atoms with Crippen molar-refractivity contribution in [2.45, 2.75) is 25.7 Å². The van der Waals surface area contributed by atoms with Crippen LogP contribution in [-0.2, 0) is 4.79 Å². The number of carbonyl (C=O) groups excluding carboxylic acids is 1. The molecule has 1 amide bonds. The zero-order chi connectivity index (χ0) is 27.6. The van der Waals surface area contributed by atoms with Gasteiger partial charge >= 0.3 is 0 Å². The molecule has 10 heteroatoms. The first kappa shape index (κ1) is 25.9. The normalized spacial score (nSPS) is 20.0. The van der Waals surface area contributed by atoms with Gasteiger partial charge in [-0.2, -0.15) is 0 Å². The van der Waals surface area contributed by atoms with Crippen molar-refractivity contribution in [2.75, 3.05) is 12.4 Å². The number of fused-ring (bicyclic) bond motifs is 1. The number of aromatic nitrogens is 4. The Labute approximate surface area is 225 Å². The number of nitrogens with one attached hydrogen (secondary N) is 2. The van der Waals surface area contributed by atoms with Gasteiger partial charge in [0.1, 0.15) is 11.9 Å². The highest BCUT2D eigenvalue weighted by Crippen LogP contribution is 2.57. The van der Waals surface area contributed by atoms with Crippen molar-refractivity contribution in [3.05, 3.63) is 90.1 Å². The van der Waals surface area contributed by atoms with Crippen molar-refractivity contribution in [1.82, 2.24) is 24.8 Å². The minimum absolute atomic E-state index is 0.0237. The molecule has 1 aliphatic rings. The van der Waals surface area contributed by atoms with Gasteiger partial charge in [-0.15, -0.1) is 0 Å². The SMILES string of the molecule is CNC(=O)C1([C@@H](O)[C@@H](O)n2cnc3c(N/C=C(\O)c4ccccc4)nc(C#Cc4ccccc4)nc32)C[C@@H]1C. The number of hydrogen-bond acceptors (Lipinski definition) is 8. The van der Waals surface area contributed by atoms with E-state index in [1.165, 1.54) is 24.1 Å². The van der Waals surface area contributed by atoms with Crippen LogP contribution in [0.3, 0.4) is 0 Å². The Morgan fingerprint density at radius 1 is 1.10 bits per heavy atom. The van der Waals surface area contributed by atoms with E-state index in [2.05, 4.69) is 37.4 Å². The molecule has 0 saturated heterocycles. The number of amides is 1. The first-order valence-electron chi connectivity index (χ1n) is 12.5. The van der Waals surface area contributed by atoms with Crippen LogP contribution in [0.4, 0.5) is 5.82 Å². The molecule has 0 aliphatic heterocycles. The summed E-state index contributed by atoms with van der Waals surface area (Å²) >= 11 is 0. The number of rotatable bonds is 7. The lowest BCUT2D eigenvalue weighted by Gasteiger charge is -2.27. The number of carbonyl (C=O) groups is 1. The van der Waals surface area contributed by atoms with Gasteiger partial charge in [0, 0.05) is 24.4 Å². The van der Waals surface area contributed by atoms with E-state index in [4.69, 9.17) is 0 Å². The van der Waals surface area contributed by atoms with Crippen LogP contribution in [-0.4, -0.2) is 53.9 Å². The highest BCUT2D eigenvalue weighted by atomic mass is 16.3. The molecule has 198 valence electrons. The molecule has 5 N–H and O–H groups in total. The zero-order valence-electron chi connectivity index (χ0n) is 21.4. The predicted octanol–water partition coefficient (Wildman–Crippen LogP) is 2.82. The highest BCUT2D eigenvalue weighted by molar-refractivity contribution is 5.87. The van der Waals surface area contributed by atoms with E-state index < -0.39 is 17.7 Å². The summed E-state index contributed by atoms with van der Waals surface area (Å²) in [6, 6.07) is 18.3. The van der Waals surface area contributed by atoms with Crippen LogP contribution in [0.25, 0.3) is 16.9 Å². The van der Waals surface area contributed by atoms with Crippen LogP contribution in [0, 0.1) is 23.2 Å². The van der Waals surface area contributed by atoms with Crippen LogP contribution in [0.15, 0.2) is 73.2 Å². The summed E-state index contributed by atoms with van der Waals surface area (Å²) in [5.41, 5.74) is 0.725. The molecule has 2 heterocycles. The van der Waals surface area contributed by atoms with Gasteiger partial charge < -0.3 is 26.0 Å². The van der Waals surface area contributed by atoms with Crippen LogP contribution in [0.2, 0.25) is 0 Å². The summed E-state index contributed by atoms with van der Waals surface area (Å²) in [4.78, 5) is 25.9. The molecule has 0 radical (unpaired) electrons. The van der Waals surface area contributed by atoms with Gasteiger partial charge in [-0.05, 0) is 30.4 Å². The second kappa shape index (κ2) is 10.6. The van der Waals surface area contributed by atoms with Crippen LogP contribution in [0.5, 0.6) is 0 Å². The van der Waals surface area contributed by atoms with E-state index in [1.54, 1.807) is 24.3 Å².